The van der Waals surface area contributed by atoms with Crippen LogP contribution in [0.2, 0.25) is 0 Å². The fraction of sp³-hybridized carbons (Fsp3) is 0.290. The molecular weight excluding hydrogens is 497 g/mol. The minimum atomic E-state index is -1.32. The molecule has 1 aromatic heterocycles. The Morgan fingerprint density at radius 2 is 1.77 bits per heavy atom. The first-order valence-corrected chi connectivity index (χ1v) is 13.3. The average Bonchev–Trinajstić information content (AvgIpc) is 3.42. The lowest BCUT2D eigenvalue weighted by Gasteiger charge is -2.40. The van der Waals surface area contributed by atoms with Crippen molar-refractivity contribution in [2.45, 2.75) is 38.6 Å². The van der Waals surface area contributed by atoms with Crippen molar-refractivity contribution in [1.29, 1.82) is 0 Å². The molecule has 0 spiro atoms. The van der Waals surface area contributed by atoms with Crippen molar-refractivity contribution in [3.63, 3.8) is 0 Å². The summed E-state index contributed by atoms with van der Waals surface area (Å²) in [5.41, 5.74) is 2.02. The Morgan fingerprint density at radius 1 is 1.00 bits per heavy atom. The zero-order valence-electron chi connectivity index (χ0n) is 22.2. The first kappa shape index (κ1) is 25.0. The number of nitrogens with one attached hydrogen (secondary N) is 1. The van der Waals surface area contributed by atoms with Gasteiger partial charge in [0.05, 0.1) is 24.6 Å². The number of amides is 3. The minimum absolute atomic E-state index is 0.0478. The summed E-state index contributed by atoms with van der Waals surface area (Å²) in [6.45, 7) is 7.00. The summed E-state index contributed by atoms with van der Waals surface area (Å²) < 4.78 is 26.7. The summed E-state index contributed by atoms with van der Waals surface area (Å²) in [5.74, 6) is -0.0707. The van der Waals surface area contributed by atoms with Crippen molar-refractivity contribution in [3.8, 4) is 11.5 Å². The van der Waals surface area contributed by atoms with Crippen molar-refractivity contribution >= 4 is 28.5 Å². The molecule has 3 heterocycles. The molecule has 1 N–H and O–H groups in total. The van der Waals surface area contributed by atoms with Crippen LogP contribution in [0.25, 0.3) is 10.9 Å². The predicted octanol–water partition coefficient (Wildman–Crippen LogP) is 6.32. The van der Waals surface area contributed by atoms with Crippen LogP contribution in [0.5, 0.6) is 11.5 Å². The van der Waals surface area contributed by atoms with E-state index in [1.54, 1.807) is 17.9 Å². The number of halogens is 1. The molecule has 0 aliphatic carbocycles. The van der Waals surface area contributed by atoms with E-state index in [9.17, 15) is 14.0 Å². The van der Waals surface area contributed by atoms with Gasteiger partial charge in [-0.05, 0) is 61.7 Å². The molecule has 0 bridgehead atoms. The number of ether oxygens (including phenoxy) is 2. The van der Waals surface area contributed by atoms with Crippen molar-refractivity contribution in [2.24, 2.45) is 0 Å². The normalized spacial score (nSPS) is 20.4. The molecule has 7 nitrogen and oxygen atoms in total. The van der Waals surface area contributed by atoms with Crippen molar-refractivity contribution in [3.05, 3.63) is 89.4 Å². The number of carbonyl (C=O) groups excluding carboxylic acids is 2. The van der Waals surface area contributed by atoms with Gasteiger partial charge in [-0.2, -0.15) is 0 Å². The number of fused-ring (bicyclic) bond motifs is 5. The van der Waals surface area contributed by atoms with Gasteiger partial charge in [0, 0.05) is 23.4 Å². The van der Waals surface area contributed by atoms with Crippen LogP contribution in [0.4, 0.5) is 14.9 Å². The number of urea groups is 1. The van der Waals surface area contributed by atoms with Gasteiger partial charge >= 0.3 is 6.03 Å². The first-order chi connectivity index (χ1) is 18.9. The number of hydrogen-bond acceptors (Lipinski definition) is 4. The Kier molecular flexibility index (Phi) is 6.05. The summed E-state index contributed by atoms with van der Waals surface area (Å²) in [4.78, 5) is 33.9. The summed E-state index contributed by atoms with van der Waals surface area (Å²) in [6, 6.07) is 19.1. The summed E-state index contributed by atoms with van der Waals surface area (Å²) in [7, 11) is 0. The highest BCUT2D eigenvalue weighted by Gasteiger charge is 2.61. The maximum atomic E-state index is 14.8. The quantitative estimate of drug-likeness (QED) is 0.285. The number of benzene rings is 3. The van der Waals surface area contributed by atoms with Crippen LogP contribution in [-0.4, -0.2) is 41.6 Å². The zero-order valence-corrected chi connectivity index (χ0v) is 22.2. The van der Waals surface area contributed by atoms with E-state index >= 15 is 0 Å². The number of H-pyrrole nitrogens is 1. The first-order valence-electron chi connectivity index (χ1n) is 13.3. The molecule has 2 aliphatic heterocycles. The van der Waals surface area contributed by atoms with Gasteiger partial charge in [0.15, 0.2) is 17.0 Å². The molecule has 1 saturated heterocycles. The van der Waals surface area contributed by atoms with Gasteiger partial charge < -0.3 is 19.4 Å². The highest BCUT2D eigenvalue weighted by molar-refractivity contribution is 6.23. The van der Waals surface area contributed by atoms with Gasteiger partial charge in [-0.25, -0.2) is 14.1 Å². The van der Waals surface area contributed by atoms with Crippen molar-refractivity contribution in [2.75, 3.05) is 24.7 Å². The van der Waals surface area contributed by atoms with E-state index < -0.39 is 23.3 Å². The second-order valence-corrected chi connectivity index (χ2v) is 10.1. The molecule has 4 aromatic rings. The molecule has 3 amide bonds. The smallest absolute Gasteiger partial charge is 0.332 e. The lowest BCUT2D eigenvalue weighted by Crippen LogP contribution is -2.50. The Labute approximate surface area is 226 Å². The van der Waals surface area contributed by atoms with Crippen LogP contribution < -0.4 is 14.4 Å². The van der Waals surface area contributed by atoms with Crippen LogP contribution in [0.15, 0.2) is 66.7 Å². The molecule has 39 heavy (non-hydrogen) atoms. The van der Waals surface area contributed by atoms with Gasteiger partial charge in [0.1, 0.15) is 5.82 Å². The van der Waals surface area contributed by atoms with Crippen LogP contribution >= 0.6 is 0 Å². The second kappa shape index (κ2) is 9.45. The Balaban J connectivity index is 1.53. The van der Waals surface area contributed by atoms with Gasteiger partial charge in [0.2, 0.25) is 0 Å². The van der Waals surface area contributed by atoms with Gasteiger partial charge in [-0.3, -0.25) is 4.79 Å². The Hall–Kier alpha value is -4.33. The predicted molar refractivity (Wildman–Crippen MR) is 147 cm³/mol. The van der Waals surface area contributed by atoms with E-state index in [0.717, 1.165) is 33.4 Å². The number of carbonyl (C=O) groups is 2. The number of para-hydroxylation sites is 2. The fourth-order valence-corrected chi connectivity index (χ4v) is 5.88. The SMILES string of the molecule is CCCOc1ccc([C@H]2CN3C(=O)N(c4ccccc4F)C(=O)[C@]3(C)c3[nH]c4ccccc4c32)cc1OCC. The van der Waals surface area contributed by atoms with Gasteiger partial charge in [-0.1, -0.05) is 43.3 Å². The average molecular weight is 528 g/mol. The summed E-state index contributed by atoms with van der Waals surface area (Å²) in [6.07, 6.45) is 0.872. The number of hydrogen-bond donors (Lipinski definition) is 1. The number of anilines is 1. The molecule has 1 fully saturated rings. The second-order valence-electron chi connectivity index (χ2n) is 10.1. The number of aromatic amines is 1. The van der Waals surface area contributed by atoms with E-state index in [4.69, 9.17) is 9.47 Å². The standard InChI is InChI=1S/C31H30FN3O4/c1-4-16-39-25-15-14-19(17-26(25)38-5-2)21-18-34-30(37)35(24-13-9-7-11-22(24)32)29(36)31(34,3)28-27(21)20-10-6-8-12-23(20)33-28/h6-15,17,21,33H,4-5,16,18H2,1-3H3/t21-,31+/m1/s1. The summed E-state index contributed by atoms with van der Waals surface area (Å²) in [5, 5.41) is 0.979. The monoisotopic (exact) mass is 527 g/mol. The fourth-order valence-electron chi connectivity index (χ4n) is 5.88. The summed E-state index contributed by atoms with van der Waals surface area (Å²) >= 11 is 0. The Bertz CT molecular complexity index is 1600. The maximum Gasteiger partial charge on any atom is 0.332 e. The molecule has 0 radical (unpaired) electrons. The molecule has 0 unspecified atom stereocenters. The molecular formula is C31H30FN3O4. The van der Waals surface area contributed by atoms with E-state index in [-0.39, 0.29) is 18.2 Å². The van der Waals surface area contributed by atoms with Crippen LogP contribution in [-0.2, 0) is 10.3 Å². The van der Waals surface area contributed by atoms with E-state index in [2.05, 4.69) is 4.98 Å². The van der Waals surface area contributed by atoms with Crippen molar-refractivity contribution in [1.82, 2.24) is 9.88 Å². The molecule has 2 aliphatic rings. The van der Waals surface area contributed by atoms with E-state index in [0.29, 0.717) is 30.4 Å². The van der Waals surface area contributed by atoms with E-state index in [1.807, 2.05) is 56.3 Å². The molecule has 200 valence electrons. The molecule has 8 heteroatoms. The van der Waals surface area contributed by atoms with Gasteiger partial charge in [0.25, 0.3) is 5.91 Å². The number of nitrogens with zero attached hydrogens (tertiary/aromatic N) is 2. The van der Waals surface area contributed by atoms with Gasteiger partial charge in [-0.15, -0.1) is 0 Å². The lowest BCUT2D eigenvalue weighted by atomic mass is 9.78. The number of imide groups is 1. The van der Waals surface area contributed by atoms with Crippen LogP contribution in [0.3, 0.4) is 0 Å². The molecule has 3 aromatic carbocycles. The lowest BCUT2D eigenvalue weighted by molar-refractivity contribution is -0.125. The molecule has 2 atom stereocenters. The maximum absolute atomic E-state index is 14.8. The third kappa shape index (κ3) is 3.69. The number of rotatable bonds is 7. The highest BCUT2D eigenvalue weighted by atomic mass is 19.1. The third-order valence-electron chi connectivity index (χ3n) is 7.75. The van der Waals surface area contributed by atoms with Crippen molar-refractivity contribution < 1.29 is 23.5 Å². The van der Waals surface area contributed by atoms with Crippen LogP contribution in [0, 0.1) is 5.82 Å². The third-order valence-corrected chi connectivity index (χ3v) is 7.75. The minimum Gasteiger partial charge on any atom is -0.490 e. The highest BCUT2D eigenvalue weighted by Crippen LogP contribution is 2.51. The zero-order chi connectivity index (χ0) is 27.3. The Morgan fingerprint density at radius 3 is 2.54 bits per heavy atom. The molecule has 6 rings (SSSR count). The van der Waals surface area contributed by atoms with Crippen LogP contribution in [0.1, 0.15) is 49.9 Å². The molecule has 0 saturated carbocycles. The largest absolute Gasteiger partial charge is 0.490 e. The number of aromatic nitrogens is 1. The van der Waals surface area contributed by atoms with E-state index in [1.165, 1.54) is 18.2 Å². The topological polar surface area (TPSA) is 74.9 Å².